The number of amides is 1. The maximum atomic E-state index is 12.9. The lowest BCUT2D eigenvalue weighted by Crippen LogP contribution is -2.54. The van der Waals surface area contributed by atoms with Gasteiger partial charge in [0, 0.05) is 19.8 Å². The highest BCUT2D eigenvalue weighted by molar-refractivity contribution is 9.10. The van der Waals surface area contributed by atoms with Crippen LogP contribution in [0.3, 0.4) is 0 Å². The first-order chi connectivity index (χ1) is 13.9. The Hall–Kier alpha value is -2.39. The number of carboxylic acid groups (broad SMARTS) is 1. The molecule has 0 spiro atoms. The Morgan fingerprint density at radius 1 is 1.34 bits per heavy atom. The van der Waals surface area contributed by atoms with Crippen molar-refractivity contribution in [2.45, 2.75) is 31.1 Å². The van der Waals surface area contributed by atoms with Crippen LogP contribution in [-0.4, -0.2) is 50.8 Å². The summed E-state index contributed by atoms with van der Waals surface area (Å²) in [5.41, 5.74) is -0.0694. The quantitative estimate of drug-likeness (QED) is 0.707. The van der Waals surface area contributed by atoms with Crippen LogP contribution in [0.1, 0.15) is 24.2 Å². The third-order valence-corrected chi connectivity index (χ3v) is 6.02. The average Bonchev–Trinajstić information content (AvgIpc) is 3.38. The van der Waals surface area contributed by atoms with Crippen LogP contribution in [0.15, 0.2) is 41.1 Å². The monoisotopic (exact) mass is 463 g/mol. The van der Waals surface area contributed by atoms with Crippen LogP contribution in [0.2, 0.25) is 0 Å². The largest absolute Gasteiger partial charge is 0.480 e. The first-order valence-electron chi connectivity index (χ1n) is 9.41. The normalized spacial score (nSPS) is 25.4. The predicted octanol–water partition coefficient (Wildman–Crippen LogP) is 2.91. The molecule has 2 heterocycles. The van der Waals surface area contributed by atoms with Crippen LogP contribution in [-0.2, 0) is 33.5 Å². The topological polar surface area (TPSA) is 93.9 Å². The molecular formula is C20H22BrN3O5. The zero-order valence-electron chi connectivity index (χ0n) is 16.0. The minimum absolute atomic E-state index is 0.185. The third kappa shape index (κ3) is 3.76. The molecule has 1 aromatic heterocycles. The van der Waals surface area contributed by atoms with Crippen LogP contribution >= 0.6 is 15.9 Å². The van der Waals surface area contributed by atoms with Crippen molar-refractivity contribution in [1.29, 1.82) is 0 Å². The van der Waals surface area contributed by atoms with E-state index in [1.165, 1.54) is 0 Å². The highest BCUT2D eigenvalue weighted by Crippen LogP contribution is 2.52. The number of ether oxygens (including phenoxy) is 2. The number of likely N-dealkylation sites (tertiary alicyclic amines) is 1. The Balaban J connectivity index is 1.58. The molecule has 2 aromatic rings. The van der Waals surface area contributed by atoms with Crippen molar-refractivity contribution < 1.29 is 24.2 Å². The second-order valence-corrected chi connectivity index (χ2v) is 8.40. The van der Waals surface area contributed by atoms with E-state index in [1.54, 1.807) is 11.1 Å². The summed E-state index contributed by atoms with van der Waals surface area (Å²) < 4.78 is 13.9. The minimum Gasteiger partial charge on any atom is -0.480 e. The predicted molar refractivity (Wildman–Crippen MR) is 106 cm³/mol. The van der Waals surface area contributed by atoms with E-state index in [9.17, 15) is 14.7 Å². The van der Waals surface area contributed by atoms with Crippen molar-refractivity contribution in [3.8, 4) is 0 Å². The number of carboxylic acids is 1. The number of rotatable bonds is 6. The Kier molecular flexibility index (Phi) is 5.35. The number of aliphatic carboxylic acids is 1. The fourth-order valence-corrected chi connectivity index (χ4v) is 5.03. The van der Waals surface area contributed by atoms with Gasteiger partial charge >= 0.3 is 12.1 Å². The van der Waals surface area contributed by atoms with Gasteiger partial charge in [0.05, 0.1) is 6.04 Å². The standard InChI is InChI=1S/C20H22BrN3O5/c1-23-10-16(21)22-18(23)20(29-12-17(25)26)8-14-7-15(20)24(9-14)19(27)28-11-13-5-3-2-4-6-13/h2-6,10,14-15H,7-9,11-12H2,1H3,(H,25,26). The van der Waals surface area contributed by atoms with E-state index in [4.69, 9.17) is 9.47 Å². The summed E-state index contributed by atoms with van der Waals surface area (Å²) in [4.78, 5) is 30.3. The first-order valence-corrected chi connectivity index (χ1v) is 10.2. The summed E-state index contributed by atoms with van der Waals surface area (Å²) in [6.07, 6.45) is 2.72. The number of hydrogen-bond donors (Lipinski definition) is 1. The highest BCUT2D eigenvalue weighted by Gasteiger charge is 2.60. The second kappa shape index (κ2) is 7.79. The van der Waals surface area contributed by atoms with Crippen LogP contribution in [0, 0.1) is 5.92 Å². The Bertz CT molecular complexity index is 918. The summed E-state index contributed by atoms with van der Waals surface area (Å²) in [5, 5.41) is 9.20. The van der Waals surface area contributed by atoms with Gasteiger partial charge < -0.3 is 24.0 Å². The maximum Gasteiger partial charge on any atom is 0.410 e. The van der Waals surface area contributed by atoms with Crippen LogP contribution in [0.25, 0.3) is 0 Å². The van der Waals surface area contributed by atoms with Gasteiger partial charge in [-0.2, -0.15) is 0 Å². The summed E-state index contributed by atoms with van der Waals surface area (Å²) in [5.74, 6) is -0.245. The molecule has 2 aliphatic rings. The molecule has 3 atom stereocenters. The van der Waals surface area contributed by atoms with Gasteiger partial charge in [-0.25, -0.2) is 14.6 Å². The highest BCUT2D eigenvalue weighted by atomic mass is 79.9. The molecule has 29 heavy (non-hydrogen) atoms. The van der Waals surface area contributed by atoms with Crippen LogP contribution < -0.4 is 0 Å². The zero-order chi connectivity index (χ0) is 20.6. The number of fused-ring (bicyclic) bond motifs is 2. The van der Waals surface area contributed by atoms with Gasteiger partial charge in [-0.05, 0) is 40.3 Å². The van der Waals surface area contributed by atoms with Crippen LogP contribution in [0.4, 0.5) is 4.79 Å². The number of carbonyl (C=O) groups is 2. The molecule has 9 heteroatoms. The molecule has 1 aliphatic carbocycles. The summed E-state index contributed by atoms with van der Waals surface area (Å²) in [7, 11) is 1.84. The van der Waals surface area contributed by atoms with Gasteiger partial charge in [0.15, 0.2) is 0 Å². The molecule has 154 valence electrons. The van der Waals surface area contributed by atoms with E-state index in [0.29, 0.717) is 23.4 Å². The van der Waals surface area contributed by atoms with Crippen molar-refractivity contribution in [2.75, 3.05) is 13.2 Å². The lowest BCUT2D eigenvalue weighted by molar-refractivity contribution is -0.158. The molecule has 4 rings (SSSR count). The van der Waals surface area contributed by atoms with E-state index in [-0.39, 0.29) is 18.6 Å². The van der Waals surface area contributed by atoms with Gasteiger partial charge in [0.25, 0.3) is 0 Å². The molecule has 1 saturated carbocycles. The fourth-order valence-electron chi connectivity index (χ4n) is 4.56. The zero-order valence-corrected chi connectivity index (χ0v) is 17.5. The molecule has 0 radical (unpaired) electrons. The number of piperidine rings is 1. The smallest absolute Gasteiger partial charge is 0.410 e. The minimum atomic E-state index is -1.06. The molecule has 2 fully saturated rings. The van der Waals surface area contributed by atoms with Gasteiger partial charge in [0.1, 0.15) is 29.2 Å². The second-order valence-electron chi connectivity index (χ2n) is 7.58. The van der Waals surface area contributed by atoms with Crippen molar-refractivity contribution in [2.24, 2.45) is 13.0 Å². The Morgan fingerprint density at radius 2 is 2.10 bits per heavy atom. The van der Waals surface area contributed by atoms with Crippen molar-refractivity contribution in [3.05, 3.63) is 52.5 Å². The van der Waals surface area contributed by atoms with Crippen molar-refractivity contribution in [1.82, 2.24) is 14.5 Å². The van der Waals surface area contributed by atoms with Gasteiger partial charge in [-0.1, -0.05) is 30.3 Å². The molecule has 2 bridgehead atoms. The molecule has 1 amide bonds. The van der Waals surface area contributed by atoms with Crippen molar-refractivity contribution in [3.63, 3.8) is 0 Å². The lowest BCUT2D eigenvalue weighted by Gasteiger charge is -2.41. The molecule has 1 saturated heterocycles. The van der Waals surface area contributed by atoms with E-state index in [0.717, 1.165) is 12.0 Å². The third-order valence-electron chi connectivity index (χ3n) is 5.64. The number of benzene rings is 1. The van der Waals surface area contributed by atoms with Gasteiger partial charge in [-0.3, -0.25) is 0 Å². The number of aryl methyl sites for hydroxylation is 1. The Morgan fingerprint density at radius 3 is 2.72 bits per heavy atom. The van der Waals surface area contributed by atoms with Crippen molar-refractivity contribution >= 4 is 28.0 Å². The summed E-state index contributed by atoms with van der Waals surface area (Å²) in [6, 6.07) is 9.16. The number of hydrogen-bond acceptors (Lipinski definition) is 5. The van der Waals surface area contributed by atoms with Gasteiger partial charge in [0.2, 0.25) is 0 Å². The molecular weight excluding hydrogens is 442 g/mol. The molecule has 3 unspecified atom stereocenters. The van der Waals surface area contributed by atoms with E-state index < -0.39 is 24.3 Å². The average molecular weight is 464 g/mol. The van der Waals surface area contributed by atoms with E-state index in [1.807, 2.05) is 41.9 Å². The number of nitrogens with zero attached hydrogens (tertiary/aromatic N) is 3. The number of halogens is 1. The molecule has 8 nitrogen and oxygen atoms in total. The molecule has 1 aromatic carbocycles. The molecule has 1 N–H and O–H groups in total. The molecule has 1 aliphatic heterocycles. The maximum absolute atomic E-state index is 12.9. The number of carbonyl (C=O) groups excluding carboxylic acids is 1. The Labute approximate surface area is 176 Å². The first kappa shape index (κ1) is 19.9. The summed E-state index contributed by atoms with van der Waals surface area (Å²) >= 11 is 3.37. The SMILES string of the molecule is Cn1cc(Br)nc1C1(OCC(=O)O)CC2CC1N(C(=O)OCc1ccccc1)C2. The lowest BCUT2D eigenvalue weighted by atomic mass is 9.91. The fraction of sp³-hybridized carbons (Fsp3) is 0.450. The van der Waals surface area contributed by atoms with E-state index in [2.05, 4.69) is 20.9 Å². The van der Waals surface area contributed by atoms with Crippen LogP contribution in [0.5, 0.6) is 0 Å². The number of imidazole rings is 1. The summed E-state index contributed by atoms with van der Waals surface area (Å²) in [6.45, 7) is 0.299. The number of aromatic nitrogens is 2. The van der Waals surface area contributed by atoms with Gasteiger partial charge in [-0.15, -0.1) is 0 Å². The van der Waals surface area contributed by atoms with E-state index >= 15 is 0 Å².